The Labute approximate surface area is 207 Å². The van der Waals surface area contributed by atoms with Gasteiger partial charge < -0.3 is 14.8 Å². The first-order valence-electron chi connectivity index (χ1n) is 11.1. The Morgan fingerprint density at radius 3 is 2.45 bits per heavy atom. The second kappa shape index (κ2) is 11.0. The van der Waals surface area contributed by atoms with Crippen molar-refractivity contribution in [1.82, 2.24) is 0 Å². The summed E-state index contributed by atoms with van der Waals surface area (Å²) in [5.74, 6) is 1.17. The fourth-order valence-corrected chi connectivity index (χ4v) is 5.70. The number of rotatable bonds is 6. The van der Waals surface area contributed by atoms with E-state index in [-0.39, 0.29) is 5.91 Å². The van der Waals surface area contributed by atoms with Crippen LogP contribution in [0.25, 0.3) is 0 Å². The number of ether oxygens (including phenoxy) is 2. The van der Waals surface area contributed by atoms with Crippen molar-refractivity contribution in [3.05, 3.63) is 68.5 Å². The molecule has 0 spiro atoms. The number of aryl methyl sites for hydroxylation is 1. The number of amides is 1. The Kier molecular flexibility index (Phi) is 7.83. The van der Waals surface area contributed by atoms with Gasteiger partial charge in [0, 0.05) is 26.8 Å². The van der Waals surface area contributed by atoms with E-state index in [2.05, 4.69) is 21.2 Å². The largest absolute Gasteiger partial charge is 0.493 e. The van der Waals surface area contributed by atoms with Crippen molar-refractivity contribution in [3.63, 3.8) is 0 Å². The van der Waals surface area contributed by atoms with Crippen molar-refractivity contribution in [2.45, 2.75) is 38.5 Å². The third-order valence-corrected chi connectivity index (χ3v) is 7.62. The van der Waals surface area contributed by atoms with E-state index in [1.807, 2.05) is 42.5 Å². The zero-order valence-electron chi connectivity index (χ0n) is 18.8. The summed E-state index contributed by atoms with van der Waals surface area (Å²) in [4.78, 5) is 19.5. The lowest BCUT2D eigenvalue weighted by atomic mass is 9.96. The first-order chi connectivity index (χ1) is 16.1. The number of halogens is 1. The highest BCUT2D eigenvalue weighted by Crippen LogP contribution is 2.40. The maximum atomic E-state index is 13.4. The van der Waals surface area contributed by atoms with Crippen LogP contribution < -0.4 is 14.8 Å². The second-order valence-electron chi connectivity index (χ2n) is 7.91. The van der Waals surface area contributed by atoms with Gasteiger partial charge in [0.25, 0.3) is 5.91 Å². The quantitative estimate of drug-likeness (QED) is 0.345. The van der Waals surface area contributed by atoms with Crippen LogP contribution in [0.1, 0.15) is 52.0 Å². The highest BCUT2D eigenvalue weighted by molar-refractivity contribution is 9.10. The van der Waals surface area contributed by atoms with E-state index in [0.717, 1.165) is 52.0 Å². The fraction of sp³-hybridized carbons (Fsp3) is 0.308. The van der Waals surface area contributed by atoms with Crippen molar-refractivity contribution in [3.8, 4) is 11.5 Å². The number of carbonyl (C=O) groups excluding carboxylic acids is 1. The van der Waals surface area contributed by atoms with Crippen LogP contribution >= 0.6 is 27.3 Å². The normalized spacial score (nSPS) is 13.8. The number of para-hydroxylation sites is 1. The summed E-state index contributed by atoms with van der Waals surface area (Å²) >= 11 is 5.23. The number of anilines is 1. The molecule has 0 radical (unpaired) electrons. The Morgan fingerprint density at radius 1 is 1.03 bits per heavy atom. The van der Waals surface area contributed by atoms with Gasteiger partial charge in [0.15, 0.2) is 11.5 Å². The minimum atomic E-state index is -0.0993. The van der Waals surface area contributed by atoms with Crippen LogP contribution in [0.3, 0.4) is 0 Å². The summed E-state index contributed by atoms with van der Waals surface area (Å²) in [7, 11) is 3.22. The van der Waals surface area contributed by atoms with E-state index in [9.17, 15) is 4.79 Å². The SMILES string of the molecule is COc1cc(Br)c(C=Nc2sc3c(c2C(=O)Nc2ccccc2)CCCCCC3)cc1OC. The van der Waals surface area contributed by atoms with Gasteiger partial charge in [-0.1, -0.05) is 31.0 Å². The summed E-state index contributed by atoms with van der Waals surface area (Å²) in [6.45, 7) is 0. The number of hydrogen-bond donors (Lipinski definition) is 1. The standard InChI is InChI=1S/C26H27BrN2O3S/c1-31-21-14-17(20(27)15-22(21)32-2)16-28-26-24(25(30)29-18-10-6-5-7-11-18)19-12-8-3-4-9-13-23(19)33-26/h5-7,10-11,14-16H,3-4,8-9,12-13H2,1-2H3,(H,29,30). The molecule has 0 unspecified atom stereocenters. The van der Waals surface area contributed by atoms with Gasteiger partial charge in [-0.3, -0.25) is 4.79 Å². The summed E-state index contributed by atoms with van der Waals surface area (Å²) in [6.07, 6.45) is 8.38. The molecule has 0 aliphatic heterocycles. The molecule has 3 aromatic rings. The monoisotopic (exact) mass is 526 g/mol. The minimum Gasteiger partial charge on any atom is -0.493 e. The van der Waals surface area contributed by atoms with Gasteiger partial charge >= 0.3 is 0 Å². The van der Waals surface area contributed by atoms with E-state index in [0.29, 0.717) is 17.1 Å². The third-order valence-electron chi connectivity index (χ3n) is 5.74. The molecule has 0 atom stereocenters. The van der Waals surface area contributed by atoms with Crippen molar-refractivity contribution in [2.75, 3.05) is 19.5 Å². The smallest absolute Gasteiger partial charge is 0.259 e. The molecule has 1 aromatic heterocycles. The molecular formula is C26H27BrN2O3S. The van der Waals surface area contributed by atoms with Crippen molar-refractivity contribution >= 4 is 50.1 Å². The molecule has 0 saturated carbocycles. The van der Waals surface area contributed by atoms with Gasteiger partial charge in [0.05, 0.1) is 19.8 Å². The van der Waals surface area contributed by atoms with Crippen molar-refractivity contribution in [2.24, 2.45) is 4.99 Å². The number of hydrogen-bond acceptors (Lipinski definition) is 5. The van der Waals surface area contributed by atoms with Gasteiger partial charge in [-0.25, -0.2) is 4.99 Å². The van der Waals surface area contributed by atoms with Gasteiger partial charge in [-0.2, -0.15) is 0 Å². The second-order valence-corrected chi connectivity index (χ2v) is 9.84. The molecule has 33 heavy (non-hydrogen) atoms. The molecule has 1 amide bonds. The van der Waals surface area contributed by atoms with E-state index in [4.69, 9.17) is 14.5 Å². The highest BCUT2D eigenvalue weighted by Gasteiger charge is 2.24. The molecule has 1 heterocycles. The van der Waals surface area contributed by atoms with E-state index < -0.39 is 0 Å². The zero-order valence-corrected chi connectivity index (χ0v) is 21.2. The number of aliphatic imine (C=N–C) groups is 1. The van der Waals surface area contributed by atoms with Crippen LogP contribution in [-0.2, 0) is 12.8 Å². The molecule has 2 aromatic carbocycles. The third kappa shape index (κ3) is 5.47. The summed E-state index contributed by atoms with van der Waals surface area (Å²) in [5.41, 5.74) is 3.49. The summed E-state index contributed by atoms with van der Waals surface area (Å²) in [5, 5.41) is 3.81. The van der Waals surface area contributed by atoms with E-state index >= 15 is 0 Å². The Bertz CT molecular complexity index is 1160. The Morgan fingerprint density at radius 2 is 1.73 bits per heavy atom. The number of nitrogens with zero attached hydrogens (tertiary/aromatic N) is 1. The van der Waals surface area contributed by atoms with Crippen LogP contribution in [0.2, 0.25) is 0 Å². The van der Waals surface area contributed by atoms with Crippen molar-refractivity contribution < 1.29 is 14.3 Å². The Balaban J connectivity index is 1.73. The molecule has 0 bridgehead atoms. The molecule has 7 heteroatoms. The lowest BCUT2D eigenvalue weighted by molar-refractivity contribution is 0.102. The predicted octanol–water partition coefficient (Wildman–Crippen LogP) is 7.19. The van der Waals surface area contributed by atoms with Gasteiger partial charge in [-0.05, 0) is 71.4 Å². The van der Waals surface area contributed by atoms with Crippen LogP contribution in [0.5, 0.6) is 11.5 Å². The van der Waals surface area contributed by atoms with Crippen LogP contribution in [0.4, 0.5) is 10.7 Å². The maximum Gasteiger partial charge on any atom is 0.259 e. The molecule has 1 aliphatic rings. The molecule has 1 N–H and O–H groups in total. The lowest BCUT2D eigenvalue weighted by Crippen LogP contribution is -2.14. The van der Waals surface area contributed by atoms with Gasteiger partial charge in [0.2, 0.25) is 0 Å². The van der Waals surface area contributed by atoms with Crippen molar-refractivity contribution in [1.29, 1.82) is 0 Å². The summed E-state index contributed by atoms with van der Waals surface area (Å²) < 4.78 is 11.6. The maximum absolute atomic E-state index is 13.4. The van der Waals surface area contributed by atoms with Crippen LogP contribution in [0, 0.1) is 0 Å². The van der Waals surface area contributed by atoms with Crippen LogP contribution in [0.15, 0.2) is 51.9 Å². The fourth-order valence-electron chi connectivity index (χ4n) is 4.04. The summed E-state index contributed by atoms with van der Waals surface area (Å²) in [6, 6.07) is 13.3. The molecule has 0 fully saturated rings. The molecule has 1 aliphatic carbocycles. The average Bonchev–Trinajstić information content (AvgIpc) is 3.14. The average molecular weight is 527 g/mol. The number of nitrogens with one attached hydrogen (secondary N) is 1. The first-order valence-corrected chi connectivity index (χ1v) is 12.7. The molecule has 0 saturated heterocycles. The van der Waals surface area contributed by atoms with E-state index in [1.165, 1.54) is 17.7 Å². The number of thiophene rings is 1. The Hall–Kier alpha value is -2.64. The lowest BCUT2D eigenvalue weighted by Gasteiger charge is -2.12. The van der Waals surface area contributed by atoms with E-state index in [1.54, 1.807) is 31.8 Å². The molecule has 4 rings (SSSR count). The first kappa shape index (κ1) is 23.5. The molecule has 172 valence electrons. The van der Waals surface area contributed by atoms with Crippen LogP contribution in [-0.4, -0.2) is 26.3 Å². The molecular weight excluding hydrogens is 500 g/mol. The van der Waals surface area contributed by atoms with Gasteiger partial charge in [-0.15, -0.1) is 11.3 Å². The van der Waals surface area contributed by atoms with Gasteiger partial charge in [0.1, 0.15) is 5.00 Å². The number of benzene rings is 2. The topological polar surface area (TPSA) is 59.9 Å². The zero-order chi connectivity index (χ0) is 23.2. The predicted molar refractivity (Wildman–Crippen MR) is 139 cm³/mol. The molecule has 5 nitrogen and oxygen atoms in total. The number of fused-ring (bicyclic) bond motifs is 1. The minimum absolute atomic E-state index is 0.0993. The number of carbonyl (C=O) groups is 1. The highest BCUT2D eigenvalue weighted by atomic mass is 79.9. The number of methoxy groups -OCH3 is 2.